The van der Waals surface area contributed by atoms with Crippen LogP contribution in [0.25, 0.3) is 5.69 Å². The van der Waals surface area contributed by atoms with Gasteiger partial charge in [-0.1, -0.05) is 18.2 Å². The average Bonchev–Trinajstić information content (AvgIpc) is 3.19. The van der Waals surface area contributed by atoms with E-state index >= 15 is 0 Å². The number of ether oxygens (including phenoxy) is 2. The van der Waals surface area contributed by atoms with E-state index in [1.807, 2.05) is 61.9 Å². The summed E-state index contributed by atoms with van der Waals surface area (Å²) in [6, 6.07) is 9.86. The number of rotatable bonds is 7. The Labute approximate surface area is 171 Å². The molecule has 1 aromatic carbocycles. The van der Waals surface area contributed by atoms with E-state index in [9.17, 15) is 9.59 Å². The molecule has 1 aliphatic carbocycles. The lowest BCUT2D eigenvalue weighted by atomic mass is 9.97. The van der Waals surface area contributed by atoms with Crippen molar-refractivity contribution in [3.63, 3.8) is 0 Å². The third kappa shape index (κ3) is 4.78. The number of carbonyl (C=O) groups excluding carboxylic acids is 2. The first kappa shape index (κ1) is 20.9. The van der Waals surface area contributed by atoms with Gasteiger partial charge in [0, 0.05) is 18.4 Å². The molecule has 0 saturated heterocycles. The molecule has 1 fully saturated rings. The van der Waals surface area contributed by atoms with Crippen LogP contribution in [0.15, 0.2) is 42.9 Å². The second-order valence-corrected chi connectivity index (χ2v) is 8.44. The molecule has 0 bridgehead atoms. The van der Waals surface area contributed by atoms with Crippen molar-refractivity contribution < 1.29 is 19.1 Å². The van der Waals surface area contributed by atoms with Gasteiger partial charge in [-0.3, -0.25) is 4.79 Å². The Morgan fingerprint density at radius 2 is 2.00 bits per heavy atom. The van der Waals surface area contributed by atoms with Crippen molar-refractivity contribution in [3.05, 3.63) is 48.5 Å². The summed E-state index contributed by atoms with van der Waals surface area (Å²) in [6.07, 6.45) is 5.47. The Balaban J connectivity index is 1.60. The van der Waals surface area contributed by atoms with E-state index in [-0.39, 0.29) is 11.9 Å². The van der Waals surface area contributed by atoms with Gasteiger partial charge < -0.3 is 19.4 Å². The van der Waals surface area contributed by atoms with E-state index in [0.717, 1.165) is 24.2 Å². The SMILES string of the molecule is COC(=O)C1(c2cn(-c3ccccc3)cn2)C[C@@H]1CCCNC(=O)OC(C)(C)C. The highest BCUT2D eigenvalue weighted by Gasteiger charge is 2.63. The number of benzene rings is 1. The van der Waals surface area contributed by atoms with Crippen LogP contribution in [0.3, 0.4) is 0 Å². The van der Waals surface area contributed by atoms with Crippen LogP contribution in [0.4, 0.5) is 4.79 Å². The second-order valence-electron chi connectivity index (χ2n) is 8.44. The number of aromatic nitrogens is 2. The summed E-state index contributed by atoms with van der Waals surface area (Å²) in [5.41, 5.74) is 0.516. The minimum atomic E-state index is -0.694. The number of esters is 1. The number of nitrogens with zero attached hydrogens (tertiary/aromatic N) is 2. The van der Waals surface area contributed by atoms with Gasteiger partial charge in [-0.25, -0.2) is 9.78 Å². The Kier molecular flexibility index (Phi) is 5.96. The van der Waals surface area contributed by atoms with Gasteiger partial charge in [0.2, 0.25) is 0 Å². The number of nitrogens with one attached hydrogen (secondary N) is 1. The lowest BCUT2D eigenvalue weighted by Crippen LogP contribution is -2.33. The van der Waals surface area contributed by atoms with Crippen molar-refractivity contribution in [1.82, 2.24) is 14.9 Å². The third-order valence-electron chi connectivity index (χ3n) is 5.15. The van der Waals surface area contributed by atoms with Crippen LogP contribution >= 0.6 is 0 Å². The van der Waals surface area contributed by atoms with Crippen molar-refractivity contribution in [1.29, 1.82) is 0 Å². The first-order valence-electron chi connectivity index (χ1n) is 9.91. The minimum absolute atomic E-state index is 0.148. The predicted octanol–water partition coefficient (Wildman–Crippen LogP) is 3.61. The molecule has 3 rings (SSSR count). The maximum Gasteiger partial charge on any atom is 0.407 e. The number of amides is 1. The highest BCUT2D eigenvalue weighted by molar-refractivity contribution is 5.86. The predicted molar refractivity (Wildman–Crippen MR) is 109 cm³/mol. The van der Waals surface area contributed by atoms with E-state index in [4.69, 9.17) is 9.47 Å². The van der Waals surface area contributed by atoms with Crippen LogP contribution in [-0.2, 0) is 19.7 Å². The molecule has 0 radical (unpaired) electrons. The summed E-state index contributed by atoms with van der Waals surface area (Å²) < 4.78 is 12.2. The number of para-hydroxylation sites is 1. The van der Waals surface area contributed by atoms with Crippen molar-refractivity contribution in [2.75, 3.05) is 13.7 Å². The smallest absolute Gasteiger partial charge is 0.407 e. The van der Waals surface area contributed by atoms with E-state index < -0.39 is 17.1 Å². The monoisotopic (exact) mass is 399 g/mol. The van der Waals surface area contributed by atoms with Gasteiger partial charge in [-0.2, -0.15) is 0 Å². The fraction of sp³-hybridized carbons (Fsp3) is 0.500. The highest BCUT2D eigenvalue weighted by Crippen LogP contribution is 2.56. The maximum atomic E-state index is 12.6. The third-order valence-corrected chi connectivity index (χ3v) is 5.15. The molecule has 0 spiro atoms. The highest BCUT2D eigenvalue weighted by atomic mass is 16.6. The summed E-state index contributed by atoms with van der Waals surface area (Å²) in [5.74, 6) is -0.101. The van der Waals surface area contributed by atoms with Gasteiger partial charge in [0.05, 0.1) is 19.1 Å². The molecule has 156 valence electrons. The van der Waals surface area contributed by atoms with Gasteiger partial charge in [0.25, 0.3) is 0 Å². The lowest BCUT2D eigenvalue weighted by Gasteiger charge is -2.19. The molecule has 1 aromatic heterocycles. The Bertz CT molecular complexity index is 856. The second kappa shape index (κ2) is 8.27. The largest absolute Gasteiger partial charge is 0.468 e. The van der Waals surface area contributed by atoms with Crippen LogP contribution in [0.2, 0.25) is 0 Å². The first-order valence-corrected chi connectivity index (χ1v) is 9.91. The number of imidazole rings is 1. The normalized spacial score (nSPS) is 20.8. The topological polar surface area (TPSA) is 82.5 Å². The minimum Gasteiger partial charge on any atom is -0.468 e. The van der Waals surface area contributed by atoms with Crippen molar-refractivity contribution in [2.45, 2.75) is 51.0 Å². The summed E-state index contributed by atoms with van der Waals surface area (Å²) in [6.45, 7) is 5.99. The zero-order chi connectivity index (χ0) is 21.1. The molecular weight excluding hydrogens is 370 g/mol. The molecule has 0 aliphatic heterocycles. The maximum absolute atomic E-state index is 12.6. The Morgan fingerprint density at radius 1 is 1.28 bits per heavy atom. The number of carbonyl (C=O) groups is 2. The molecule has 1 amide bonds. The van der Waals surface area contributed by atoms with Gasteiger partial charge in [0.1, 0.15) is 11.0 Å². The Hall–Kier alpha value is -2.83. The molecule has 2 aromatic rings. The van der Waals surface area contributed by atoms with Crippen molar-refractivity contribution in [2.24, 2.45) is 5.92 Å². The fourth-order valence-corrected chi connectivity index (χ4v) is 3.68. The number of hydrogen-bond donors (Lipinski definition) is 1. The number of hydrogen-bond acceptors (Lipinski definition) is 5. The molecule has 7 heteroatoms. The fourth-order valence-electron chi connectivity index (χ4n) is 3.68. The zero-order valence-electron chi connectivity index (χ0n) is 17.5. The van der Waals surface area contributed by atoms with Gasteiger partial charge in [0.15, 0.2) is 0 Å². The van der Waals surface area contributed by atoms with E-state index in [1.54, 1.807) is 6.33 Å². The van der Waals surface area contributed by atoms with Gasteiger partial charge >= 0.3 is 12.1 Å². The quantitative estimate of drug-likeness (QED) is 0.568. The summed E-state index contributed by atoms with van der Waals surface area (Å²) in [5, 5.41) is 2.76. The molecule has 1 unspecified atom stereocenters. The molecular formula is C22H29N3O4. The molecule has 1 N–H and O–H groups in total. The van der Waals surface area contributed by atoms with Gasteiger partial charge in [-0.15, -0.1) is 0 Å². The molecule has 1 aliphatic rings. The number of alkyl carbamates (subject to hydrolysis) is 1. The van der Waals surface area contributed by atoms with Crippen LogP contribution in [0.1, 0.15) is 45.7 Å². The zero-order valence-corrected chi connectivity index (χ0v) is 17.5. The average molecular weight is 399 g/mol. The van der Waals surface area contributed by atoms with E-state index in [1.165, 1.54) is 7.11 Å². The Morgan fingerprint density at radius 3 is 2.66 bits per heavy atom. The molecule has 7 nitrogen and oxygen atoms in total. The number of methoxy groups -OCH3 is 1. The molecule has 1 saturated carbocycles. The molecule has 1 heterocycles. The first-order chi connectivity index (χ1) is 13.8. The molecule has 29 heavy (non-hydrogen) atoms. The standard InChI is InChI=1S/C22H29N3O4/c1-21(2,3)29-20(27)23-12-8-9-16-13-22(16,19(26)28-4)18-14-25(15-24-18)17-10-6-5-7-11-17/h5-7,10-11,14-16H,8-9,12-13H2,1-4H3,(H,23,27)/t16-,22?/m0/s1. The van der Waals surface area contributed by atoms with Crippen molar-refractivity contribution in [3.8, 4) is 5.69 Å². The molecule has 2 atom stereocenters. The van der Waals surface area contributed by atoms with Crippen LogP contribution in [0, 0.1) is 5.92 Å². The van der Waals surface area contributed by atoms with Crippen LogP contribution in [-0.4, -0.2) is 40.9 Å². The summed E-state index contributed by atoms with van der Waals surface area (Å²) >= 11 is 0. The summed E-state index contributed by atoms with van der Waals surface area (Å²) in [4.78, 5) is 28.8. The van der Waals surface area contributed by atoms with Gasteiger partial charge in [-0.05, 0) is 58.1 Å². The van der Waals surface area contributed by atoms with Crippen molar-refractivity contribution >= 4 is 12.1 Å². The summed E-state index contributed by atoms with van der Waals surface area (Å²) in [7, 11) is 1.41. The van der Waals surface area contributed by atoms with Crippen LogP contribution < -0.4 is 5.32 Å². The van der Waals surface area contributed by atoms with E-state index in [2.05, 4.69) is 10.3 Å². The lowest BCUT2D eigenvalue weighted by molar-refractivity contribution is -0.144. The van der Waals surface area contributed by atoms with Crippen LogP contribution in [0.5, 0.6) is 0 Å². The van der Waals surface area contributed by atoms with E-state index in [0.29, 0.717) is 13.0 Å².